The molecule has 0 radical (unpaired) electrons. The molecule has 1 saturated heterocycles. The number of aliphatic hydroxyl groups is 2. The highest BCUT2D eigenvalue weighted by atomic mass is 16.6. The van der Waals surface area contributed by atoms with E-state index in [0.717, 1.165) is 0 Å². The van der Waals surface area contributed by atoms with Crippen LogP contribution < -0.4 is 0 Å². The summed E-state index contributed by atoms with van der Waals surface area (Å²) in [7, 11) is 0. The largest absolute Gasteiger partial charge is 0.450 e. The van der Waals surface area contributed by atoms with Crippen molar-refractivity contribution >= 4 is 6.09 Å². The topological polar surface area (TPSA) is 119 Å². The molecule has 0 aliphatic carbocycles. The number of carbonyl (C=O) groups excluding carboxylic acids is 1. The molecule has 1 heterocycles. The third-order valence-electron chi connectivity index (χ3n) is 2.31. The maximum atomic E-state index is 11.3. The van der Waals surface area contributed by atoms with Crippen molar-refractivity contribution in [1.82, 2.24) is 4.90 Å². The molecule has 8 heteroatoms. The Morgan fingerprint density at radius 2 is 2.12 bits per heavy atom. The highest BCUT2D eigenvalue weighted by Gasteiger charge is 2.36. The van der Waals surface area contributed by atoms with Crippen LogP contribution in [0.5, 0.6) is 0 Å². The first-order valence-corrected chi connectivity index (χ1v) is 4.92. The zero-order valence-electron chi connectivity index (χ0n) is 8.85. The fourth-order valence-electron chi connectivity index (χ4n) is 1.58. The van der Waals surface area contributed by atoms with Gasteiger partial charge in [-0.3, -0.25) is 0 Å². The molecule has 8 nitrogen and oxygen atoms in total. The van der Waals surface area contributed by atoms with Crippen LogP contribution in [0.1, 0.15) is 6.92 Å². The minimum atomic E-state index is -1.08. The second-order valence-corrected chi connectivity index (χ2v) is 3.43. The minimum absolute atomic E-state index is 0.0143. The van der Waals surface area contributed by atoms with Crippen LogP contribution in [0.15, 0.2) is 5.11 Å². The number of likely N-dealkylation sites (tertiary alicyclic amines) is 1. The summed E-state index contributed by atoms with van der Waals surface area (Å²) in [5.74, 6) is 0. The van der Waals surface area contributed by atoms with Gasteiger partial charge in [-0.1, -0.05) is 5.11 Å². The van der Waals surface area contributed by atoms with Gasteiger partial charge in [0.2, 0.25) is 0 Å². The summed E-state index contributed by atoms with van der Waals surface area (Å²) in [6.07, 6.45) is -2.76. The number of azide groups is 1. The Labute approximate surface area is 92.0 Å². The first kappa shape index (κ1) is 12.6. The lowest BCUT2D eigenvalue weighted by molar-refractivity contribution is -0.0245. The lowest BCUT2D eigenvalue weighted by Crippen LogP contribution is -2.56. The Bertz CT molecular complexity index is 292. The van der Waals surface area contributed by atoms with Gasteiger partial charge in [0, 0.05) is 4.91 Å². The van der Waals surface area contributed by atoms with Gasteiger partial charge in [-0.15, -0.1) is 0 Å². The predicted octanol–water partition coefficient (Wildman–Crippen LogP) is -0.141. The molecular formula is C8H14N4O4. The zero-order valence-corrected chi connectivity index (χ0v) is 8.85. The molecule has 1 aliphatic rings. The van der Waals surface area contributed by atoms with Crippen LogP contribution >= 0.6 is 0 Å². The Balaban J connectivity index is 2.65. The van der Waals surface area contributed by atoms with Gasteiger partial charge in [-0.05, 0) is 12.5 Å². The number of ether oxygens (including phenoxy) is 1. The fraction of sp³-hybridized carbons (Fsp3) is 0.875. The van der Waals surface area contributed by atoms with Gasteiger partial charge in [0.25, 0.3) is 0 Å². The monoisotopic (exact) mass is 230 g/mol. The molecule has 90 valence electrons. The molecule has 2 N–H and O–H groups in total. The summed E-state index contributed by atoms with van der Waals surface area (Å²) in [4.78, 5) is 15.1. The lowest BCUT2D eigenvalue weighted by Gasteiger charge is -2.36. The summed E-state index contributed by atoms with van der Waals surface area (Å²) < 4.78 is 4.73. The zero-order chi connectivity index (χ0) is 12.1. The molecule has 1 aliphatic heterocycles. The van der Waals surface area contributed by atoms with Crippen molar-refractivity contribution in [2.45, 2.75) is 25.2 Å². The van der Waals surface area contributed by atoms with E-state index in [9.17, 15) is 15.0 Å². The van der Waals surface area contributed by atoms with E-state index in [0.29, 0.717) is 0 Å². The molecule has 1 amide bonds. The molecule has 1 rings (SSSR count). The summed E-state index contributed by atoms with van der Waals surface area (Å²) in [6, 6.07) is -0.921. The molecule has 0 saturated carbocycles. The third kappa shape index (κ3) is 2.75. The van der Waals surface area contributed by atoms with Gasteiger partial charge < -0.3 is 19.8 Å². The van der Waals surface area contributed by atoms with Gasteiger partial charge in [0.15, 0.2) is 0 Å². The van der Waals surface area contributed by atoms with Crippen LogP contribution in [-0.4, -0.2) is 59.2 Å². The summed E-state index contributed by atoms with van der Waals surface area (Å²) in [6.45, 7) is 1.86. The number of aliphatic hydroxyl groups excluding tert-OH is 2. The number of nitrogens with zero attached hydrogens (tertiary/aromatic N) is 4. The third-order valence-corrected chi connectivity index (χ3v) is 2.31. The van der Waals surface area contributed by atoms with Crippen molar-refractivity contribution in [3.63, 3.8) is 0 Å². The smallest absolute Gasteiger partial charge is 0.409 e. The quantitative estimate of drug-likeness (QED) is 0.389. The number of β-amino-alcohol motifs (C(OH)–C–C–N with tert-alkyl or cyclic N) is 2. The molecule has 1 fully saturated rings. The molecule has 0 unspecified atom stereocenters. The SMILES string of the molecule is CCOC(=O)N1C[C@@H](O)[C@H](N=[N+]=[N-])[C@@H](O)C1. The second-order valence-electron chi connectivity index (χ2n) is 3.43. The van der Waals surface area contributed by atoms with Crippen LogP contribution in [0, 0.1) is 0 Å². The number of piperidine rings is 1. The van der Waals surface area contributed by atoms with Crippen LogP contribution in [0.3, 0.4) is 0 Å². The number of rotatable bonds is 2. The van der Waals surface area contributed by atoms with Gasteiger partial charge in [-0.2, -0.15) is 0 Å². The first-order chi connectivity index (χ1) is 7.60. The molecule has 3 atom stereocenters. The standard InChI is InChI=1S/C8H14N4O4/c1-2-16-8(15)12-3-5(13)7(10-11-9)6(14)4-12/h5-7,13-14H,2-4H2,1H3/t5-,6+,7+. The van der Waals surface area contributed by atoms with E-state index in [-0.39, 0.29) is 19.7 Å². The van der Waals surface area contributed by atoms with Crippen LogP contribution in [0.2, 0.25) is 0 Å². The van der Waals surface area contributed by atoms with Crippen molar-refractivity contribution < 1.29 is 19.7 Å². The van der Waals surface area contributed by atoms with Crippen LogP contribution in [0.25, 0.3) is 10.4 Å². The molecule has 16 heavy (non-hydrogen) atoms. The summed E-state index contributed by atoms with van der Waals surface area (Å²) >= 11 is 0. The van der Waals surface area contributed by atoms with E-state index >= 15 is 0 Å². The minimum Gasteiger partial charge on any atom is -0.450 e. The van der Waals surface area contributed by atoms with E-state index in [4.69, 9.17) is 10.3 Å². The van der Waals surface area contributed by atoms with Crippen molar-refractivity contribution in [1.29, 1.82) is 0 Å². The Morgan fingerprint density at radius 3 is 2.56 bits per heavy atom. The Morgan fingerprint density at radius 1 is 1.56 bits per heavy atom. The molecule has 0 bridgehead atoms. The molecule has 0 aromatic heterocycles. The number of amides is 1. The Kier molecular flexibility index (Phi) is 4.36. The molecule has 0 aromatic rings. The highest BCUT2D eigenvalue weighted by Crippen LogP contribution is 2.16. The van der Waals surface area contributed by atoms with Crippen molar-refractivity contribution in [2.75, 3.05) is 19.7 Å². The van der Waals surface area contributed by atoms with Crippen LogP contribution in [-0.2, 0) is 4.74 Å². The average Bonchev–Trinajstić information content (AvgIpc) is 2.23. The van der Waals surface area contributed by atoms with Gasteiger partial charge in [0.05, 0.1) is 37.9 Å². The van der Waals surface area contributed by atoms with Crippen LogP contribution in [0.4, 0.5) is 4.79 Å². The van der Waals surface area contributed by atoms with Gasteiger partial charge in [-0.25, -0.2) is 4.79 Å². The number of hydrogen-bond donors (Lipinski definition) is 2. The maximum Gasteiger partial charge on any atom is 0.409 e. The van der Waals surface area contributed by atoms with Gasteiger partial charge in [0.1, 0.15) is 0 Å². The van der Waals surface area contributed by atoms with E-state index in [2.05, 4.69) is 10.0 Å². The second kappa shape index (κ2) is 5.55. The Hall–Kier alpha value is -1.50. The van der Waals surface area contributed by atoms with E-state index in [1.54, 1.807) is 6.92 Å². The molecule has 0 aromatic carbocycles. The predicted molar refractivity (Wildman–Crippen MR) is 53.5 cm³/mol. The highest BCUT2D eigenvalue weighted by molar-refractivity contribution is 5.67. The molecule has 0 spiro atoms. The van der Waals surface area contributed by atoms with E-state index in [1.165, 1.54) is 4.90 Å². The summed E-state index contributed by atoms with van der Waals surface area (Å²) in [5, 5.41) is 22.5. The van der Waals surface area contributed by atoms with Crippen molar-refractivity contribution in [3.8, 4) is 0 Å². The summed E-state index contributed by atoms with van der Waals surface area (Å²) in [5.41, 5.74) is 8.24. The fourth-order valence-corrected chi connectivity index (χ4v) is 1.58. The maximum absolute atomic E-state index is 11.3. The number of hydrogen-bond acceptors (Lipinski definition) is 5. The number of carbonyl (C=O) groups is 1. The van der Waals surface area contributed by atoms with Crippen molar-refractivity contribution in [3.05, 3.63) is 10.4 Å². The normalized spacial score (nSPS) is 29.4. The molecular weight excluding hydrogens is 216 g/mol. The first-order valence-electron chi connectivity index (χ1n) is 4.92. The van der Waals surface area contributed by atoms with Crippen molar-refractivity contribution in [2.24, 2.45) is 5.11 Å². The average molecular weight is 230 g/mol. The van der Waals surface area contributed by atoms with E-state index in [1.807, 2.05) is 0 Å². The van der Waals surface area contributed by atoms with Gasteiger partial charge >= 0.3 is 6.09 Å². The lowest BCUT2D eigenvalue weighted by atomic mass is 10.0. The van der Waals surface area contributed by atoms with E-state index < -0.39 is 24.3 Å².